The van der Waals surface area contributed by atoms with Crippen LogP contribution in [0.5, 0.6) is 5.75 Å². The molecule has 0 bridgehead atoms. The topological polar surface area (TPSA) is 24.5 Å². The minimum Gasteiger partial charge on any atom is -0.496 e. The predicted molar refractivity (Wildman–Crippen MR) is 88.9 cm³/mol. The minimum atomic E-state index is 0.541. The molecule has 1 aromatic rings. The Morgan fingerprint density at radius 2 is 2.14 bits per heavy atom. The van der Waals surface area contributed by atoms with Gasteiger partial charge in [0.1, 0.15) is 5.75 Å². The molecule has 1 aliphatic heterocycles. The van der Waals surface area contributed by atoms with Crippen LogP contribution in [0.3, 0.4) is 0 Å². The van der Waals surface area contributed by atoms with Crippen molar-refractivity contribution in [1.82, 2.24) is 10.2 Å². The van der Waals surface area contributed by atoms with Gasteiger partial charge < -0.3 is 10.1 Å². The van der Waals surface area contributed by atoms with Crippen LogP contribution in [0, 0.1) is 6.92 Å². The fourth-order valence-electron chi connectivity index (χ4n) is 3.07. The van der Waals surface area contributed by atoms with Gasteiger partial charge >= 0.3 is 0 Å². The molecule has 21 heavy (non-hydrogen) atoms. The van der Waals surface area contributed by atoms with Crippen molar-refractivity contribution in [1.29, 1.82) is 0 Å². The van der Waals surface area contributed by atoms with Crippen LogP contribution < -0.4 is 10.1 Å². The second-order valence-electron chi connectivity index (χ2n) is 6.49. The lowest BCUT2D eigenvalue weighted by Gasteiger charge is -2.33. The first kappa shape index (κ1) is 16.3. The summed E-state index contributed by atoms with van der Waals surface area (Å²) in [6.07, 6.45) is 3.98. The number of hydrogen-bond acceptors (Lipinski definition) is 3. The molecule has 1 aliphatic rings. The highest BCUT2D eigenvalue weighted by Gasteiger charge is 2.19. The molecule has 0 radical (unpaired) electrons. The molecule has 0 aromatic heterocycles. The molecular formula is C18H30N2O. The molecule has 0 spiro atoms. The lowest BCUT2D eigenvalue weighted by Crippen LogP contribution is -2.45. The van der Waals surface area contributed by atoms with Crippen LogP contribution in [0.4, 0.5) is 0 Å². The van der Waals surface area contributed by atoms with Gasteiger partial charge in [0.05, 0.1) is 7.11 Å². The van der Waals surface area contributed by atoms with Gasteiger partial charge in [0.15, 0.2) is 0 Å². The Morgan fingerprint density at radius 3 is 2.76 bits per heavy atom. The number of aryl methyl sites for hydroxylation is 1. The largest absolute Gasteiger partial charge is 0.496 e. The molecule has 1 atom stereocenters. The number of methoxy groups -OCH3 is 1. The zero-order chi connectivity index (χ0) is 15.2. The maximum Gasteiger partial charge on any atom is 0.123 e. The zero-order valence-electron chi connectivity index (χ0n) is 14.0. The fraction of sp³-hybridized carbons (Fsp3) is 0.667. The van der Waals surface area contributed by atoms with E-state index in [1.54, 1.807) is 7.11 Å². The van der Waals surface area contributed by atoms with Crippen LogP contribution in [-0.2, 0) is 6.54 Å². The second kappa shape index (κ2) is 7.81. The zero-order valence-corrected chi connectivity index (χ0v) is 14.0. The first-order chi connectivity index (χ1) is 10.1. The summed E-state index contributed by atoms with van der Waals surface area (Å²) in [7, 11) is 1.76. The number of piperidine rings is 1. The normalized spacial score (nSPS) is 19.2. The molecule has 3 heteroatoms. The monoisotopic (exact) mass is 290 g/mol. The number of ether oxygens (including phenoxy) is 1. The molecule has 1 saturated heterocycles. The van der Waals surface area contributed by atoms with Crippen molar-refractivity contribution in [2.45, 2.75) is 58.7 Å². The summed E-state index contributed by atoms with van der Waals surface area (Å²) in [5, 5.41) is 3.66. The molecule has 1 heterocycles. The lowest BCUT2D eigenvalue weighted by atomic mass is 10.0. The van der Waals surface area contributed by atoms with Gasteiger partial charge in [-0.2, -0.15) is 0 Å². The van der Waals surface area contributed by atoms with E-state index in [1.165, 1.54) is 36.9 Å². The van der Waals surface area contributed by atoms with Gasteiger partial charge in [-0.05, 0) is 46.2 Å². The van der Waals surface area contributed by atoms with E-state index in [9.17, 15) is 0 Å². The van der Waals surface area contributed by atoms with Gasteiger partial charge in [-0.25, -0.2) is 0 Å². The molecule has 2 rings (SSSR count). The number of benzene rings is 1. The highest BCUT2D eigenvalue weighted by atomic mass is 16.5. The van der Waals surface area contributed by atoms with Crippen molar-refractivity contribution >= 4 is 0 Å². The molecule has 0 saturated carbocycles. The van der Waals surface area contributed by atoms with E-state index in [4.69, 9.17) is 4.74 Å². The Bertz CT molecular complexity index is 439. The van der Waals surface area contributed by atoms with E-state index in [1.807, 2.05) is 0 Å². The van der Waals surface area contributed by atoms with Crippen LogP contribution in [0.25, 0.3) is 0 Å². The fourth-order valence-corrected chi connectivity index (χ4v) is 3.07. The number of rotatable bonds is 6. The number of hydrogen-bond donors (Lipinski definition) is 1. The maximum atomic E-state index is 5.53. The third kappa shape index (κ3) is 4.72. The van der Waals surface area contributed by atoms with Crippen molar-refractivity contribution in [3.63, 3.8) is 0 Å². The van der Waals surface area contributed by atoms with E-state index >= 15 is 0 Å². The van der Waals surface area contributed by atoms with E-state index in [0.717, 1.165) is 18.8 Å². The summed E-state index contributed by atoms with van der Waals surface area (Å²) in [5.41, 5.74) is 2.59. The van der Waals surface area contributed by atoms with Gasteiger partial charge in [-0.3, -0.25) is 4.90 Å². The van der Waals surface area contributed by atoms with Crippen LogP contribution in [0.15, 0.2) is 18.2 Å². The molecule has 1 unspecified atom stereocenters. The smallest absolute Gasteiger partial charge is 0.123 e. The third-order valence-electron chi connectivity index (χ3n) is 4.41. The Labute approximate surface area is 129 Å². The van der Waals surface area contributed by atoms with Crippen LogP contribution in [-0.4, -0.2) is 37.2 Å². The van der Waals surface area contributed by atoms with E-state index in [-0.39, 0.29) is 0 Å². The number of nitrogens with one attached hydrogen (secondary N) is 1. The van der Waals surface area contributed by atoms with Gasteiger partial charge in [0, 0.05) is 30.7 Å². The minimum absolute atomic E-state index is 0.541. The lowest BCUT2D eigenvalue weighted by molar-refractivity contribution is 0.175. The van der Waals surface area contributed by atoms with Crippen molar-refractivity contribution in [3.8, 4) is 5.75 Å². The van der Waals surface area contributed by atoms with E-state index < -0.39 is 0 Å². The predicted octanol–water partition coefficient (Wildman–Crippen LogP) is 3.36. The summed E-state index contributed by atoms with van der Waals surface area (Å²) >= 11 is 0. The van der Waals surface area contributed by atoms with Gasteiger partial charge in [-0.15, -0.1) is 0 Å². The Kier molecular flexibility index (Phi) is 6.07. The first-order valence-electron chi connectivity index (χ1n) is 8.21. The molecule has 1 aromatic carbocycles. The van der Waals surface area contributed by atoms with Crippen LogP contribution in [0.1, 0.15) is 44.2 Å². The van der Waals surface area contributed by atoms with Gasteiger partial charge in [-0.1, -0.05) is 24.1 Å². The highest BCUT2D eigenvalue weighted by molar-refractivity contribution is 5.36. The average molecular weight is 290 g/mol. The SMILES string of the molecule is COc1ccc(C)cc1CN(CC1CCCCN1)C(C)C. The summed E-state index contributed by atoms with van der Waals surface area (Å²) in [5.74, 6) is 1.00. The van der Waals surface area contributed by atoms with Crippen molar-refractivity contribution in [2.24, 2.45) is 0 Å². The molecular weight excluding hydrogens is 260 g/mol. The van der Waals surface area contributed by atoms with Gasteiger partial charge in [0.25, 0.3) is 0 Å². The third-order valence-corrected chi connectivity index (χ3v) is 4.41. The van der Waals surface area contributed by atoms with Crippen molar-refractivity contribution in [2.75, 3.05) is 20.2 Å². The molecule has 0 aliphatic carbocycles. The maximum absolute atomic E-state index is 5.53. The summed E-state index contributed by atoms with van der Waals surface area (Å²) in [6, 6.07) is 7.63. The van der Waals surface area contributed by atoms with Crippen LogP contribution >= 0.6 is 0 Å². The quantitative estimate of drug-likeness (QED) is 0.869. The Balaban J connectivity index is 2.06. The first-order valence-corrected chi connectivity index (χ1v) is 8.21. The molecule has 0 amide bonds. The Morgan fingerprint density at radius 1 is 1.33 bits per heavy atom. The summed E-state index contributed by atoms with van der Waals surface area (Å²) in [4.78, 5) is 2.56. The van der Waals surface area contributed by atoms with Crippen molar-refractivity contribution < 1.29 is 4.74 Å². The molecule has 118 valence electrons. The second-order valence-corrected chi connectivity index (χ2v) is 6.49. The Hall–Kier alpha value is -1.06. The molecule has 1 N–H and O–H groups in total. The average Bonchev–Trinajstić information content (AvgIpc) is 2.48. The summed E-state index contributed by atoms with van der Waals surface area (Å²) in [6.45, 7) is 9.96. The number of nitrogens with zero attached hydrogens (tertiary/aromatic N) is 1. The summed E-state index contributed by atoms with van der Waals surface area (Å²) < 4.78 is 5.53. The van der Waals surface area contributed by atoms with E-state index in [0.29, 0.717) is 12.1 Å². The van der Waals surface area contributed by atoms with E-state index in [2.05, 4.69) is 49.2 Å². The van der Waals surface area contributed by atoms with Crippen molar-refractivity contribution in [3.05, 3.63) is 29.3 Å². The van der Waals surface area contributed by atoms with Crippen LogP contribution in [0.2, 0.25) is 0 Å². The highest BCUT2D eigenvalue weighted by Crippen LogP contribution is 2.23. The van der Waals surface area contributed by atoms with Gasteiger partial charge in [0.2, 0.25) is 0 Å². The molecule has 3 nitrogen and oxygen atoms in total. The molecule has 1 fully saturated rings. The standard InChI is InChI=1S/C18H30N2O/c1-14(2)20(13-17-7-5-6-10-19-17)12-16-11-15(3)8-9-18(16)21-4/h8-9,11,14,17,19H,5-7,10,12-13H2,1-4H3.